The quantitative estimate of drug-likeness (QED) is 0.267. The van der Waals surface area contributed by atoms with Crippen LogP contribution in [-0.2, 0) is 0 Å². The van der Waals surface area contributed by atoms with Gasteiger partial charge in [-0.3, -0.25) is 0 Å². The van der Waals surface area contributed by atoms with E-state index in [-0.39, 0.29) is 0 Å². The van der Waals surface area contributed by atoms with Crippen molar-refractivity contribution in [3.63, 3.8) is 0 Å². The molecule has 5 aromatic rings. The van der Waals surface area contributed by atoms with Gasteiger partial charge < -0.3 is 25.7 Å². The van der Waals surface area contributed by atoms with Crippen LogP contribution in [-0.4, -0.2) is 19.9 Å². The van der Waals surface area contributed by atoms with Crippen molar-refractivity contribution in [2.24, 2.45) is 0 Å². The summed E-state index contributed by atoms with van der Waals surface area (Å²) in [6.07, 6.45) is 8.47. The number of hydrogen-bond acceptors (Lipinski definition) is 1. The van der Waals surface area contributed by atoms with Gasteiger partial charge in [0.15, 0.2) is 0 Å². The third kappa shape index (κ3) is 3.42. The SMILES string of the molecule is Nc1ccc(-c2cc3[nH]c2=Cc2ccc([nH]2)C=c2ccc([nH]2)=Cc2ccc([nH]2)C=3)cc1. The number of nitrogens with one attached hydrogen (secondary N) is 4. The summed E-state index contributed by atoms with van der Waals surface area (Å²) in [6.45, 7) is 0. The molecule has 6 N–H and O–H groups in total. The van der Waals surface area contributed by atoms with Crippen LogP contribution in [0.5, 0.6) is 0 Å². The van der Waals surface area contributed by atoms with Gasteiger partial charge in [0.25, 0.3) is 0 Å². The van der Waals surface area contributed by atoms with Crippen molar-refractivity contribution in [3.8, 4) is 11.1 Å². The summed E-state index contributed by atoms with van der Waals surface area (Å²) >= 11 is 0. The zero-order chi connectivity index (χ0) is 20.8. The first kappa shape index (κ1) is 17.5. The predicted molar refractivity (Wildman–Crippen MR) is 126 cm³/mol. The normalized spacial score (nSPS) is 12.4. The number of aromatic nitrogens is 4. The van der Waals surface area contributed by atoms with Crippen LogP contribution in [0.15, 0.2) is 66.7 Å². The van der Waals surface area contributed by atoms with E-state index in [1.165, 1.54) is 0 Å². The number of benzene rings is 1. The number of aromatic amines is 4. The average molecular weight is 403 g/mol. The molecule has 5 heterocycles. The van der Waals surface area contributed by atoms with Crippen LogP contribution in [0.3, 0.4) is 0 Å². The van der Waals surface area contributed by atoms with E-state index < -0.39 is 0 Å². The summed E-state index contributed by atoms with van der Waals surface area (Å²) in [5, 5.41) is 4.17. The van der Waals surface area contributed by atoms with Gasteiger partial charge in [0.1, 0.15) is 0 Å². The minimum absolute atomic E-state index is 0.758. The zero-order valence-electron chi connectivity index (χ0n) is 16.7. The van der Waals surface area contributed by atoms with E-state index in [1.54, 1.807) is 0 Å². The number of H-pyrrole nitrogens is 4. The standard InChI is InChI=1S/C26H21N5/c27-17-3-1-16(2-4-17)25-14-24-13-22-8-7-20(29-22)11-18-5-6-19(28-18)12-21-9-10-23(30-21)15-26(25)31-24/h1-15,28-31H,27H2. The Labute approximate surface area is 178 Å². The van der Waals surface area contributed by atoms with Crippen LogP contribution >= 0.6 is 0 Å². The van der Waals surface area contributed by atoms with Crippen molar-refractivity contribution in [3.05, 3.63) is 111 Å². The van der Waals surface area contributed by atoms with E-state index in [9.17, 15) is 0 Å². The predicted octanol–water partition coefficient (Wildman–Crippen LogP) is 1.88. The Hall–Kier alpha value is -4.38. The maximum Gasteiger partial charge on any atom is 0.0485 e. The Morgan fingerprint density at radius 1 is 0.484 bits per heavy atom. The number of anilines is 1. The molecule has 0 saturated heterocycles. The topological polar surface area (TPSA) is 89.2 Å². The van der Waals surface area contributed by atoms with Crippen LogP contribution in [0.1, 0.15) is 22.8 Å². The van der Waals surface area contributed by atoms with Gasteiger partial charge in [-0.05, 0) is 84.5 Å². The molecule has 0 amide bonds. The maximum atomic E-state index is 5.90. The smallest absolute Gasteiger partial charge is 0.0485 e. The van der Waals surface area contributed by atoms with Gasteiger partial charge in [0, 0.05) is 55.4 Å². The van der Waals surface area contributed by atoms with Gasteiger partial charge in [0.2, 0.25) is 0 Å². The molecule has 0 fully saturated rings. The molecule has 31 heavy (non-hydrogen) atoms. The fourth-order valence-corrected chi connectivity index (χ4v) is 4.04. The molecule has 1 aliphatic rings. The van der Waals surface area contributed by atoms with Crippen LogP contribution in [0, 0.1) is 0 Å². The highest BCUT2D eigenvalue weighted by atomic mass is 14.8. The molecule has 1 aliphatic heterocycles. The van der Waals surface area contributed by atoms with Crippen molar-refractivity contribution in [1.29, 1.82) is 0 Å². The third-order valence-electron chi connectivity index (χ3n) is 5.52. The summed E-state index contributed by atoms with van der Waals surface area (Å²) in [5.74, 6) is 0. The Balaban J connectivity index is 1.62. The van der Waals surface area contributed by atoms with E-state index >= 15 is 0 Å². The largest absolute Gasteiger partial charge is 0.399 e. The molecule has 6 rings (SSSR count). The Bertz CT molecular complexity index is 1640. The van der Waals surface area contributed by atoms with Crippen molar-refractivity contribution in [1.82, 2.24) is 19.9 Å². The third-order valence-corrected chi connectivity index (χ3v) is 5.52. The van der Waals surface area contributed by atoms with Gasteiger partial charge in [0.05, 0.1) is 0 Å². The lowest BCUT2D eigenvalue weighted by Crippen LogP contribution is -2.11. The lowest BCUT2D eigenvalue weighted by molar-refractivity contribution is 1.23. The number of fused-ring (bicyclic) bond motifs is 8. The second kappa shape index (κ2) is 6.85. The maximum absolute atomic E-state index is 5.90. The molecule has 0 saturated carbocycles. The molecule has 5 heteroatoms. The van der Waals surface area contributed by atoms with E-state index in [0.29, 0.717) is 0 Å². The van der Waals surface area contributed by atoms with Gasteiger partial charge in [-0.25, -0.2) is 0 Å². The molecule has 0 unspecified atom stereocenters. The van der Waals surface area contributed by atoms with Gasteiger partial charge in [-0.2, -0.15) is 0 Å². The van der Waals surface area contributed by atoms with Crippen molar-refractivity contribution < 1.29 is 0 Å². The van der Waals surface area contributed by atoms with Crippen molar-refractivity contribution in [2.75, 3.05) is 5.73 Å². The highest BCUT2D eigenvalue weighted by molar-refractivity contribution is 5.69. The zero-order valence-corrected chi connectivity index (χ0v) is 16.7. The summed E-state index contributed by atoms with van der Waals surface area (Å²) in [5.41, 5.74) is 13.1. The molecule has 4 aromatic heterocycles. The Morgan fingerprint density at radius 3 is 1.65 bits per heavy atom. The van der Waals surface area contributed by atoms with E-state index in [2.05, 4.69) is 98.8 Å². The first-order valence-electron chi connectivity index (χ1n) is 10.2. The molecule has 0 atom stereocenters. The molecular weight excluding hydrogens is 382 g/mol. The van der Waals surface area contributed by atoms with E-state index in [4.69, 9.17) is 5.73 Å². The summed E-state index contributed by atoms with van der Waals surface area (Å²) in [7, 11) is 0. The van der Waals surface area contributed by atoms with E-state index in [0.717, 1.165) is 61.0 Å². The first-order chi connectivity index (χ1) is 15.2. The summed E-state index contributed by atoms with van der Waals surface area (Å²) in [4.78, 5) is 14.0. The summed E-state index contributed by atoms with van der Waals surface area (Å²) in [6, 6.07) is 22.7. The van der Waals surface area contributed by atoms with Crippen molar-refractivity contribution in [2.45, 2.75) is 0 Å². The molecular formula is C26H21N5. The number of nitrogens with two attached hydrogens (primary N) is 1. The molecule has 8 bridgehead atoms. The molecule has 0 radical (unpaired) electrons. The Kier molecular flexibility index (Phi) is 3.86. The summed E-state index contributed by atoms with van der Waals surface area (Å²) < 4.78 is 0. The lowest BCUT2D eigenvalue weighted by Gasteiger charge is -1.99. The number of nitrogen functional groups attached to an aromatic ring is 1. The first-order valence-corrected chi connectivity index (χ1v) is 10.2. The van der Waals surface area contributed by atoms with Crippen LogP contribution in [0.2, 0.25) is 0 Å². The highest BCUT2D eigenvalue weighted by Gasteiger charge is 2.05. The molecule has 5 nitrogen and oxygen atoms in total. The second-order valence-corrected chi connectivity index (χ2v) is 7.86. The average Bonchev–Trinajstić information content (AvgIpc) is 3.54. The van der Waals surface area contributed by atoms with Gasteiger partial charge >= 0.3 is 0 Å². The molecule has 1 aromatic carbocycles. The minimum Gasteiger partial charge on any atom is -0.399 e. The molecule has 0 aliphatic carbocycles. The second-order valence-electron chi connectivity index (χ2n) is 7.86. The monoisotopic (exact) mass is 403 g/mol. The molecule has 0 spiro atoms. The fourth-order valence-electron chi connectivity index (χ4n) is 4.04. The van der Waals surface area contributed by atoms with Gasteiger partial charge in [-0.1, -0.05) is 12.1 Å². The van der Waals surface area contributed by atoms with Gasteiger partial charge in [-0.15, -0.1) is 0 Å². The lowest BCUT2D eigenvalue weighted by atomic mass is 10.1. The molecule has 150 valence electrons. The number of rotatable bonds is 1. The van der Waals surface area contributed by atoms with E-state index in [1.807, 2.05) is 12.1 Å². The number of hydrogen-bond donors (Lipinski definition) is 5. The Morgan fingerprint density at radius 2 is 1.03 bits per heavy atom. The van der Waals surface area contributed by atoms with Crippen LogP contribution in [0.4, 0.5) is 5.69 Å². The minimum atomic E-state index is 0.758. The van der Waals surface area contributed by atoms with Crippen LogP contribution in [0.25, 0.3) is 35.4 Å². The highest BCUT2D eigenvalue weighted by Crippen LogP contribution is 2.16. The fraction of sp³-hybridized carbons (Fsp3) is 0. The van der Waals surface area contributed by atoms with Crippen LogP contribution < -0.4 is 27.1 Å². The van der Waals surface area contributed by atoms with Crippen molar-refractivity contribution >= 4 is 30.0 Å².